The number of nitrogens with one attached hydrogen (secondary N) is 1. The van der Waals surface area contributed by atoms with E-state index in [9.17, 15) is 17.6 Å². The third-order valence-electron chi connectivity index (χ3n) is 4.69. The van der Waals surface area contributed by atoms with E-state index in [0.717, 1.165) is 11.8 Å². The minimum Gasteiger partial charge on any atom is -0.350 e. The van der Waals surface area contributed by atoms with Crippen molar-refractivity contribution in [3.63, 3.8) is 0 Å². The summed E-state index contributed by atoms with van der Waals surface area (Å²) >= 11 is 0. The van der Waals surface area contributed by atoms with Crippen LogP contribution in [0.4, 0.5) is 10.1 Å². The fourth-order valence-corrected chi connectivity index (χ4v) is 3.87. The van der Waals surface area contributed by atoms with Gasteiger partial charge in [-0.15, -0.1) is 0 Å². The van der Waals surface area contributed by atoms with Gasteiger partial charge in [0.1, 0.15) is 5.82 Å². The second-order valence-corrected chi connectivity index (χ2v) is 8.95. The van der Waals surface area contributed by atoms with Gasteiger partial charge in [-0.3, -0.25) is 9.10 Å². The van der Waals surface area contributed by atoms with E-state index in [1.165, 1.54) is 39.7 Å². The molecule has 1 amide bonds. The third-order valence-corrected chi connectivity index (χ3v) is 5.88. The summed E-state index contributed by atoms with van der Waals surface area (Å²) in [7, 11) is -3.52. The van der Waals surface area contributed by atoms with Gasteiger partial charge in [-0.25, -0.2) is 12.8 Å². The number of anilines is 1. The lowest BCUT2D eigenvalue weighted by atomic mass is 10.0. The van der Waals surface area contributed by atoms with E-state index in [1.807, 2.05) is 32.9 Å². The van der Waals surface area contributed by atoms with Crippen LogP contribution in [0.3, 0.4) is 0 Å². The Morgan fingerprint density at radius 3 is 2.32 bits per heavy atom. The number of benzene rings is 2. The highest BCUT2D eigenvalue weighted by Crippen LogP contribution is 2.19. The number of hydrogen-bond acceptors (Lipinski definition) is 3. The van der Waals surface area contributed by atoms with Gasteiger partial charge < -0.3 is 5.32 Å². The van der Waals surface area contributed by atoms with E-state index in [2.05, 4.69) is 11.4 Å². The van der Waals surface area contributed by atoms with E-state index in [0.29, 0.717) is 12.1 Å². The number of rotatable bonds is 8. The molecule has 0 spiro atoms. The molecule has 0 aliphatic rings. The fourth-order valence-electron chi connectivity index (χ4n) is 2.91. The summed E-state index contributed by atoms with van der Waals surface area (Å²) in [5, 5.41) is 2.95. The molecule has 2 rings (SSSR count). The molecule has 0 unspecified atom stereocenters. The Kier molecular flexibility index (Phi) is 7.18. The van der Waals surface area contributed by atoms with Gasteiger partial charge in [-0.2, -0.15) is 0 Å². The van der Waals surface area contributed by atoms with Gasteiger partial charge in [-0.05, 0) is 68.1 Å². The Bertz CT molecular complexity index is 927. The van der Waals surface area contributed by atoms with Crippen molar-refractivity contribution >= 4 is 21.6 Å². The van der Waals surface area contributed by atoms with Gasteiger partial charge >= 0.3 is 0 Å². The summed E-state index contributed by atoms with van der Waals surface area (Å²) in [5.41, 5.74) is 3.78. The minimum atomic E-state index is -3.52. The van der Waals surface area contributed by atoms with Crippen LogP contribution in [0.25, 0.3) is 0 Å². The molecule has 0 saturated heterocycles. The molecule has 1 N–H and O–H groups in total. The van der Waals surface area contributed by atoms with Crippen molar-refractivity contribution in [2.24, 2.45) is 0 Å². The number of halogens is 1. The molecule has 0 radical (unpaired) electrons. The average Bonchev–Trinajstić information content (AvgIpc) is 2.61. The smallest absolute Gasteiger partial charge is 0.232 e. The van der Waals surface area contributed by atoms with E-state index in [4.69, 9.17) is 0 Å². The summed E-state index contributed by atoms with van der Waals surface area (Å²) in [6, 6.07) is 11.2. The van der Waals surface area contributed by atoms with Crippen molar-refractivity contribution in [3.05, 3.63) is 65.0 Å². The standard InChI is InChI=1S/C21H27FN2O3S/c1-15-7-8-18(14-16(15)2)17(3)23-21(25)6-5-13-24(28(4,26)27)20-11-9-19(22)10-12-20/h7-12,14,17H,5-6,13H2,1-4H3,(H,23,25)/t17-/m0/s1. The van der Waals surface area contributed by atoms with Gasteiger partial charge in [0, 0.05) is 13.0 Å². The predicted molar refractivity (Wildman–Crippen MR) is 110 cm³/mol. The van der Waals surface area contributed by atoms with Crippen LogP contribution in [-0.2, 0) is 14.8 Å². The van der Waals surface area contributed by atoms with Crippen LogP contribution in [0.5, 0.6) is 0 Å². The zero-order valence-electron chi connectivity index (χ0n) is 16.7. The Morgan fingerprint density at radius 2 is 1.75 bits per heavy atom. The molecule has 0 aromatic heterocycles. The predicted octanol–water partition coefficient (Wildman–Crippen LogP) is 3.87. The molecule has 2 aromatic rings. The summed E-state index contributed by atoms with van der Waals surface area (Å²) in [6.45, 7) is 6.14. The first-order valence-corrected chi connectivity index (χ1v) is 11.0. The zero-order chi connectivity index (χ0) is 20.9. The molecule has 0 fully saturated rings. The highest BCUT2D eigenvalue weighted by Gasteiger charge is 2.18. The average molecular weight is 407 g/mol. The Hall–Kier alpha value is -2.41. The first-order chi connectivity index (χ1) is 13.1. The van der Waals surface area contributed by atoms with Crippen LogP contribution in [0.15, 0.2) is 42.5 Å². The van der Waals surface area contributed by atoms with Crippen LogP contribution >= 0.6 is 0 Å². The first-order valence-electron chi connectivity index (χ1n) is 9.17. The SMILES string of the molecule is Cc1ccc([C@H](C)NC(=O)CCCN(c2ccc(F)cc2)S(C)(=O)=O)cc1C. The van der Waals surface area contributed by atoms with Gasteiger partial charge in [0.2, 0.25) is 15.9 Å². The molecular formula is C21H27FN2O3S. The van der Waals surface area contributed by atoms with Crippen LogP contribution in [-0.4, -0.2) is 27.1 Å². The molecule has 28 heavy (non-hydrogen) atoms. The van der Waals surface area contributed by atoms with Crippen molar-refractivity contribution in [3.8, 4) is 0 Å². The number of sulfonamides is 1. The molecule has 5 nitrogen and oxygen atoms in total. The van der Waals surface area contributed by atoms with Crippen LogP contribution in [0.2, 0.25) is 0 Å². The maximum Gasteiger partial charge on any atom is 0.232 e. The van der Waals surface area contributed by atoms with Gasteiger partial charge in [0.15, 0.2) is 0 Å². The molecule has 0 aliphatic heterocycles. The van der Waals surface area contributed by atoms with E-state index in [-0.39, 0.29) is 24.9 Å². The summed E-state index contributed by atoms with van der Waals surface area (Å²) in [5.74, 6) is -0.574. The second-order valence-electron chi connectivity index (χ2n) is 7.05. The van der Waals surface area contributed by atoms with Gasteiger partial charge in [0.05, 0.1) is 18.0 Å². The lowest BCUT2D eigenvalue weighted by Gasteiger charge is -2.22. The quantitative estimate of drug-likeness (QED) is 0.724. The number of aryl methyl sites for hydroxylation is 2. The van der Waals surface area contributed by atoms with E-state index < -0.39 is 15.8 Å². The molecular weight excluding hydrogens is 379 g/mol. The van der Waals surface area contributed by atoms with Crippen molar-refractivity contribution in [1.29, 1.82) is 0 Å². The molecule has 2 aromatic carbocycles. The van der Waals surface area contributed by atoms with Gasteiger partial charge in [-0.1, -0.05) is 18.2 Å². The Balaban J connectivity index is 1.93. The third kappa shape index (κ3) is 6.05. The maximum absolute atomic E-state index is 13.1. The Morgan fingerprint density at radius 1 is 1.11 bits per heavy atom. The highest BCUT2D eigenvalue weighted by atomic mass is 32.2. The number of carbonyl (C=O) groups is 1. The van der Waals surface area contributed by atoms with Crippen molar-refractivity contribution in [2.45, 2.75) is 39.7 Å². The lowest BCUT2D eigenvalue weighted by molar-refractivity contribution is -0.121. The first kappa shape index (κ1) is 21.9. The molecule has 0 heterocycles. The summed E-state index contributed by atoms with van der Waals surface area (Å²) < 4.78 is 38.4. The largest absolute Gasteiger partial charge is 0.350 e. The number of carbonyl (C=O) groups excluding carboxylic acids is 1. The molecule has 0 saturated carbocycles. The molecule has 0 bridgehead atoms. The lowest BCUT2D eigenvalue weighted by Crippen LogP contribution is -2.32. The van der Waals surface area contributed by atoms with Gasteiger partial charge in [0.25, 0.3) is 0 Å². The fraction of sp³-hybridized carbons (Fsp3) is 0.381. The molecule has 152 valence electrons. The normalized spacial score (nSPS) is 12.5. The number of nitrogens with zero attached hydrogens (tertiary/aromatic N) is 1. The molecule has 0 aliphatic carbocycles. The van der Waals surface area contributed by atoms with Crippen LogP contribution in [0, 0.1) is 19.7 Å². The minimum absolute atomic E-state index is 0.130. The van der Waals surface area contributed by atoms with E-state index >= 15 is 0 Å². The summed E-state index contributed by atoms with van der Waals surface area (Å²) in [6.07, 6.45) is 1.65. The van der Waals surface area contributed by atoms with Crippen molar-refractivity contribution in [2.75, 3.05) is 17.1 Å². The number of amides is 1. The second kappa shape index (κ2) is 9.19. The van der Waals surface area contributed by atoms with Crippen LogP contribution in [0.1, 0.15) is 42.5 Å². The maximum atomic E-state index is 13.1. The highest BCUT2D eigenvalue weighted by molar-refractivity contribution is 7.92. The zero-order valence-corrected chi connectivity index (χ0v) is 17.5. The monoisotopic (exact) mass is 406 g/mol. The summed E-state index contributed by atoms with van der Waals surface area (Å²) in [4.78, 5) is 12.3. The van der Waals surface area contributed by atoms with Crippen molar-refractivity contribution < 1.29 is 17.6 Å². The van der Waals surface area contributed by atoms with Crippen molar-refractivity contribution in [1.82, 2.24) is 5.32 Å². The van der Waals surface area contributed by atoms with E-state index in [1.54, 1.807) is 0 Å². The van der Waals surface area contributed by atoms with Crippen LogP contribution < -0.4 is 9.62 Å². The number of hydrogen-bond donors (Lipinski definition) is 1. The molecule has 1 atom stereocenters. The Labute approximate surface area is 166 Å². The molecule has 7 heteroatoms. The topological polar surface area (TPSA) is 66.5 Å².